The second-order valence-electron chi connectivity index (χ2n) is 5.13. The number of halogens is 1. The summed E-state index contributed by atoms with van der Waals surface area (Å²) in [5.74, 6) is 2.63. The molecule has 2 N–H and O–H groups in total. The van der Waals surface area contributed by atoms with Crippen LogP contribution < -0.4 is 10.6 Å². The molecule has 0 atom stereocenters. The molecule has 2 aromatic heterocycles. The Balaban J connectivity index is 0.00000161. The molecule has 1 fully saturated rings. The second-order valence-corrected chi connectivity index (χ2v) is 5.13. The lowest BCUT2D eigenvalue weighted by Crippen LogP contribution is -2.37. The zero-order valence-electron chi connectivity index (χ0n) is 12.1. The van der Waals surface area contributed by atoms with E-state index >= 15 is 0 Å². The monoisotopic (exact) mass is 400 g/mol. The molecule has 0 aromatic carbocycles. The Kier molecular flexibility index (Phi) is 5.77. The van der Waals surface area contributed by atoms with Crippen molar-refractivity contribution >= 4 is 35.6 Å². The molecular formula is C14H21IN6. The Hall–Kier alpha value is -1.38. The highest BCUT2D eigenvalue weighted by atomic mass is 127. The first kappa shape index (κ1) is 16.0. The van der Waals surface area contributed by atoms with Crippen LogP contribution in [0.2, 0.25) is 0 Å². The van der Waals surface area contributed by atoms with E-state index in [1.807, 2.05) is 28.8 Å². The highest BCUT2D eigenvalue weighted by molar-refractivity contribution is 14.0. The number of nitrogens with zero attached hydrogens (tertiary/aromatic N) is 4. The fourth-order valence-electron chi connectivity index (χ4n) is 2.20. The molecule has 2 aromatic rings. The van der Waals surface area contributed by atoms with Crippen molar-refractivity contribution in [3.05, 3.63) is 30.2 Å². The van der Waals surface area contributed by atoms with Crippen LogP contribution in [0.3, 0.4) is 0 Å². The minimum absolute atomic E-state index is 0. The van der Waals surface area contributed by atoms with Gasteiger partial charge in [0, 0.05) is 19.8 Å². The molecule has 0 spiro atoms. The molecular weight excluding hydrogens is 379 g/mol. The van der Waals surface area contributed by atoms with E-state index in [4.69, 9.17) is 0 Å². The highest BCUT2D eigenvalue weighted by Gasteiger charge is 2.20. The number of rotatable bonds is 5. The Morgan fingerprint density at radius 1 is 1.33 bits per heavy atom. The van der Waals surface area contributed by atoms with Crippen LogP contribution in [0.15, 0.2) is 29.4 Å². The maximum absolute atomic E-state index is 4.22. The van der Waals surface area contributed by atoms with Crippen LogP contribution in [0.4, 0.5) is 0 Å². The number of hydrogen-bond donors (Lipinski definition) is 2. The standard InChI is InChI=1S/C14H20N6.HI/c1-15-14(16-8-7-11-5-6-11)17-10-13-19-18-12-4-2-3-9-20(12)13;/h2-4,9,11H,5-8,10H2,1H3,(H2,15,16,17);1H. The number of pyridine rings is 1. The van der Waals surface area contributed by atoms with E-state index in [9.17, 15) is 0 Å². The molecule has 0 amide bonds. The van der Waals surface area contributed by atoms with Gasteiger partial charge in [-0.1, -0.05) is 18.9 Å². The normalized spacial score (nSPS) is 14.8. The van der Waals surface area contributed by atoms with Gasteiger partial charge in [-0.2, -0.15) is 0 Å². The summed E-state index contributed by atoms with van der Waals surface area (Å²) in [4.78, 5) is 4.22. The Morgan fingerprint density at radius 2 is 2.19 bits per heavy atom. The Morgan fingerprint density at radius 3 is 2.95 bits per heavy atom. The van der Waals surface area contributed by atoms with E-state index in [0.29, 0.717) is 6.54 Å². The maximum atomic E-state index is 4.22. The summed E-state index contributed by atoms with van der Waals surface area (Å²) in [5, 5.41) is 14.9. The van der Waals surface area contributed by atoms with Crippen molar-refractivity contribution in [1.29, 1.82) is 0 Å². The molecule has 7 heteroatoms. The predicted molar refractivity (Wildman–Crippen MR) is 93.9 cm³/mol. The van der Waals surface area contributed by atoms with Crippen LogP contribution in [-0.2, 0) is 6.54 Å². The van der Waals surface area contributed by atoms with Gasteiger partial charge < -0.3 is 10.6 Å². The number of aliphatic imine (C=N–C) groups is 1. The van der Waals surface area contributed by atoms with Crippen LogP contribution in [0, 0.1) is 5.92 Å². The molecule has 21 heavy (non-hydrogen) atoms. The fraction of sp³-hybridized carbons (Fsp3) is 0.500. The van der Waals surface area contributed by atoms with Crippen molar-refractivity contribution in [1.82, 2.24) is 25.2 Å². The third-order valence-corrected chi connectivity index (χ3v) is 3.56. The second kappa shape index (κ2) is 7.58. The Labute approximate surface area is 141 Å². The first-order valence-electron chi connectivity index (χ1n) is 7.10. The van der Waals surface area contributed by atoms with Crippen LogP contribution in [0.5, 0.6) is 0 Å². The third kappa shape index (κ3) is 4.29. The lowest BCUT2D eigenvalue weighted by atomic mass is 10.3. The minimum Gasteiger partial charge on any atom is -0.356 e. The zero-order chi connectivity index (χ0) is 13.8. The van der Waals surface area contributed by atoms with Crippen molar-refractivity contribution in [2.24, 2.45) is 10.9 Å². The van der Waals surface area contributed by atoms with Gasteiger partial charge in [0.1, 0.15) is 0 Å². The average molecular weight is 400 g/mol. The lowest BCUT2D eigenvalue weighted by molar-refractivity contribution is 0.680. The van der Waals surface area contributed by atoms with E-state index in [2.05, 4.69) is 25.8 Å². The van der Waals surface area contributed by atoms with Gasteiger partial charge in [0.2, 0.25) is 0 Å². The summed E-state index contributed by atoms with van der Waals surface area (Å²) in [6.07, 6.45) is 5.98. The number of guanidine groups is 1. The summed E-state index contributed by atoms with van der Waals surface area (Å²) in [5.41, 5.74) is 0.862. The summed E-state index contributed by atoms with van der Waals surface area (Å²) in [6, 6.07) is 5.88. The van der Waals surface area contributed by atoms with Gasteiger partial charge in [-0.05, 0) is 24.5 Å². The van der Waals surface area contributed by atoms with E-state index in [1.54, 1.807) is 7.05 Å². The summed E-state index contributed by atoms with van der Waals surface area (Å²) >= 11 is 0. The molecule has 2 heterocycles. The molecule has 0 unspecified atom stereocenters. The zero-order valence-corrected chi connectivity index (χ0v) is 14.4. The molecule has 0 bridgehead atoms. The Bertz CT molecular complexity index is 604. The first-order chi connectivity index (χ1) is 9.86. The molecule has 1 aliphatic carbocycles. The minimum atomic E-state index is 0. The van der Waals surface area contributed by atoms with Gasteiger partial charge in [0.25, 0.3) is 0 Å². The van der Waals surface area contributed by atoms with Crippen LogP contribution in [0.25, 0.3) is 5.65 Å². The van der Waals surface area contributed by atoms with Crippen molar-refractivity contribution in [2.75, 3.05) is 13.6 Å². The molecule has 0 saturated heterocycles. The molecule has 0 aliphatic heterocycles. The van der Waals surface area contributed by atoms with Crippen molar-refractivity contribution in [3.63, 3.8) is 0 Å². The van der Waals surface area contributed by atoms with E-state index in [-0.39, 0.29) is 24.0 Å². The molecule has 1 aliphatic rings. The molecule has 114 valence electrons. The van der Waals surface area contributed by atoms with Crippen molar-refractivity contribution in [2.45, 2.75) is 25.8 Å². The lowest BCUT2D eigenvalue weighted by Gasteiger charge is -2.10. The largest absolute Gasteiger partial charge is 0.356 e. The van der Waals surface area contributed by atoms with Crippen LogP contribution >= 0.6 is 24.0 Å². The van der Waals surface area contributed by atoms with E-state index < -0.39 is 0 Å². The average Bonchev–Trinajstić information content (AvgIpc) is 3.22. The van der Waals surface area contributed by atoms with Crippen LogP contribution in [-0.4, -0.2) is 34.2 Å². The van der Waals surface area contributed by atoms with E-state index in [0.717, 1.165) is 29.9 Å². The number of aromatic nitrogens is 3. The summed E-state index contributed by atoms with van der Waals surface area (Å²) in [6.45, 7) is 1.58. The third-order valence-electron chi connectivity index (χ3n) is 3.56. The topological polar surface area (TPSA) is 66.6 Å². The van der Waals surface area contributed by atoms with Crippen LogP contribution in [0.1, 0.15) is 25.1 Å². The van der Waals surface area contributed by atoms with Crippen molar-refractivity contribution in [3.8, 4) is 0 Å². The first-order valence-corrected chi connectivity index (χ1v) is 7.10. The predicted octanol–water partition coefficient (Wildman–Crippen LogP) is 1.81. The number of hydrogen-bond acceptors (Lipinski definition) is 3. The van der Waals surface area contributed by atoms with Gasteiger partial charge >= 0.3 is 0 Å². The molecule has 0 radical (unpaired) electrons. The van der Waals surface area contributed by atoms with Crippen molar-refractivity contribution < 1.29 is 0 Å². The highest BCUT2D eigenvalue weighted by Crippen LogP contribution is 2.31. The fourth-order valence-corrected chi connectivity index (χ4v) is 2.20. The quantitative estimate of drug-likeness (QED) is 0.457. The number of nitrogens with one attached hydrogen (secondary N) is 2. The summed E-state index contributed by atoms with van der Waals surface area (Å²) in [7, 11) is 1.79. The molecule has 6 nitrogen and oxygen atoms in total. The maximum Gasteiger partial charge on any atom is 0.191 e. The number of fused-ring (bicyclic) bond motifs is 1. The smallest absolute Gasteiger partial charge is 0.191 e. The van der Waals surface area contributed by atoms with Gasteiger partial charge in [-0.15, -0.1) is 34.2 Å². The molecule has 3 rings (SSSR count). The summed E-state index contributed by atoms with van der Waals surface area (Å²) < 4.78 is 1.98. The molecule has 1 saturated carbocycles. The van der Waals surface area contributed by atoms with Gasteiger partial charge in [0.05, 0.1) is 6.54 Å². The van der Waals surface area contributed by atoms with Gasteiger partial charge in [0.15, 0.2) is 17.4 Å². The SMILES string of the molecule is CN=C(NCCC1CC1)NCc1nnc2ccccn12.I. The van der Waals surface area contributed by atoms with Gasteiger partial charge in [-0.3, -0.25) is 9.39 Å². The van der Waals surface area contributed by atoms with Gasteiger partial charge in [-0.25, -0.2) is 0 Å². The van der Waals surface area contributed by atoms with E-state index in [1.165, 1.54) is 19.3 Å².